The molecule has 0 bridgehead atoms. The fourth-order valence-electron chi connectivity index (χ4n) is 2.36. The first-order valence-electron chi connectivity index (χ1n) is 9.42. The summed E-state index contributed by atoms with van der Waals surface area (Å²) in [6.07, 6.45) is 0.639. The number of benzene rings is 2. The number of carboxylic acid groups (broad SMARTS) is 2. The molecule has 2 rings (SSSR count). The highest BCUT2D eigenvalue weighted by Gasteiger charge is 2.13. The van der Waals surface area contributed by atoms with E-state index < -0.39 is 18.0 Å². The second-order valence-electron chi connectivity index (χ2n) is 6.46. The monoisotopic (exact) mass is 456 g/mol. The number of ether oxygens (including phenoxy) is 2. The van der Waals surface area contributed by atoms with Gasteiger partial charge in [0, 0.05) is 16.5 Å². The summed E-state index contributed by atoms with van der Waals surface area (Å²) >= 11 is 11.6. The van der Waals surface area contributed by atoms with Crippen LogP contribution in [0, 0.1) is 6.92 Å². The Kier molecular flexibility index (Phi) is 11.1. The standard InChI is InChI=1S/C12H15ClO3.C10H11ClO3/c1-2-9-8-10(13)5-6-11(9)16-7-3-4-12(14)15;1-6-5-8(11)3-4-9(6)14-7(2)10(12)13/h5-6,8H,2-4,7H2,1H3,(H,14,15);3-5,7H,1-2H3,(H,12,13). The molecule has 0 fully saturated rings. The van der Waals surface area contributed by atoms with Crippen LogP contribution in [0.3, 0.4) is 0 Å². The molecule has 2 aromatic rings. The molecule has 0 aromatic heterocycles. The van der Waals surface area contributed by atoms with Gasteiger partial charge in [-0.25, -0.2) is 4.79 Å². The van der Waals surface area contributed by atoms with Gasteiger partial charge in [-0.1, -0.05) is 30.1 Å². The van der Waals surface area contributed by atoms with Gasteiger partial charge in [-0.2, -0.15) is 0 Å². The first kappa shape index (κ1) is 25.6. The van der Waals surface area contributed by atoms with Crippen molar-refractivity contribution >= 4 is 35.1 Å². The van der Waals surface area contributed by atoms with E-state index in [2.05, 4.69) is 0 Å². The minimum Gasteiger partial charge on any atom is -0.493 e. The van der Waals surface area contributed by atoms with E-state index in [9.17, 15) is 9.59 Å². The van der Waals surface area contributed by atoms with Crippen molar-refractivity contribution in [3.8, 4) is 11.5 Å². The van der Waals surface area contributed by atoms with Crippen LogP contribution in [0.15, 0.2) is 36.4 Å². The summed E-state index contributed by atoms with van der Waals surface area (Å²) in [6.45, 7) is 5.74. The molecule has 0 saturated heterocycles. The summed E-state index contributed by atoms with van der Waals surface area (Å²) in [5.74, 6) is -0.448. The summed E-state index contributed by atoms with van der Waals surface area (Å²) in [4.78, 5) is 20.8. The first-order valence-corrected chi connectivity index (χ1v) is 10.2. The Morgan fingerprint density at radius 1 is 1.03 bits per heavy atom. The van der Waals surface area contributed by atoms with Crippen molar-refractivity contribution < 1.29 is 29.3 Å². The van der Waals surface area contributed by atoms with Gasteiger partial charge in [-0.05, 0) is 74.2 Å². The van der Waals surface area contributed by atoms with Gasteiger partial charge in [0.15, 0.2) is 6.10 Å². The van der Waals surface area contributed by atoms with Gasteiger partial charge in [0.05, 0.1) is 6.61 Å². The highest BCUT2D eigenvalue weighted by molar-refractivity contribution is 6.31. The lowest BCUT2D eigenvalue weighted by Gasteiger charge is -2.12. The van der Waals surface area contributed by atoms with Crippen LogP contribution in [0.25, 0.3) is 0 Å². The number of aliphatic carboxylic acids is 2. The summed E-state index contributed by atoms with van der Waals surface area (Å²) in [6, 6.07) is 10.5. The molecule has 30 heavy (non-hydrogen) atoms. The van der Waals surface area contributed by atoms with E-state index in [4.69, 9.17) is 42.9 Å². The third kappa shape index (κ3) is 9.37. The molecule has 164 valence electrons. The van der Waals surface area contributed by atoms with Crippen LogP contribution in [0.4, 0.5) is 0 Å². The first-order chi connectivity index (χ1) is 14.1. The number of carbonyl (C=O) groups is 2. The lowest BCUT2D eigenvalue weighted by molar-refractivity contribution is -0.144. The quantitative estimate of drug-likeness (QED) is 0.473. The maximum absolute atomic E-state index is 10.5. The zero-order valence-electron chi connectivity index (χ0n) is 17.2. The molecule has 0 spiro atoms. The number of carboxylic acids is 2. The molecule has 0 amide bonds. The number of hydrogen-bond donors (Lipinski definition) is 2. The van der Waals surface area contributed by atoms with Crippen molar-refractivity contribution in [2.75, 3.05) is 6.61 Å². The van der Waals surface area contributed by atoms with Crippen molar-refractivity contribution in [2.24, 2.45) is 0 Å². The van der Waals surface area contributed by atoms with Gasteiger partial charge in [0.25, 0.3) is 0 Å². The number of aryl methyl sites for hydroxylation is 2. The minimum atomic E-state index is -0.987. The van der Waals surface area contributed by atoms with Gasteiger partial charge >= 0.3 is 11.9 Å². The Balaban J connectivity index is 0.000000303. The molecule has 0 saturated carbocycles. The van der Waals surface area contributed by atoms with Gasteiger partial charge in [-0.3, -0.25) is 4.79 Å². The van der Waals surface area contributed by atoms with Crippen LogP contribution in [0.2, 0.25) is 10.0 Å². The number of rotatable bonds is 9. The summed E-state index contributed by atoms with van der Waals surface area (Å²) in [5, 5.41) is 18.4. The smallest absolute Gasteiger partial charge is 0.344 e. The normalized spacial score (nSPS) is 11.1. The second-order valence-corrected chi connectivity index (χ2v) is 7.33. The number of halogens is 2. The minimum absolute atomic E-state index is 0.134. The van der Waals surface area contributed by atoms with Crippen LogP contribution in [0.1, 0.15) is 37.8 Å². The average molecular weight is 457 g/mol. The van der Waals surface area contributed by atoms with Crippen molar-refractivity contribution in [1.82, 2.24) is 0 Å². The molecule has 0 aliphatic rings. The van der Waals surface area contributed by atoms with Crippen molar-refractivity contribution in [3.05, 3.63) is 57.6 Å². The fourth-order valence-corrected chi connectivity index (χ4v) is 2.78. The van der Waals surface area contributed by atoms with E-state index in [0.29, 0.717) is 28.8 Å². The Morgan fingerprint density at radius 2 is 1.63 bits per heavy atom. The van der Waals surface area contributed by atoms with Crippen LogP contribution in [-0.4, -0.2) is 34.9 Å². The van der Waals surface area contributed by atoms with E-state index in [0.717, 1.165) is 23.3 Å². The van der Waals surface area contributed by atoms with Gasteiger partial charge < -0.3 is 19.7 Å². The Bertz CT molecular complexity index is 854. The molecule has 6 nitrogen and oxygen atoms in total. The SMILES string of the molecule is CCc1cc(Cl)ccc1OCCCC(=O)O.Cc1cc(Cl)ccc1OC(C)C(=O)O. The van der Waals surface area contributed by atoms with Gasteiger partial charge in [0.1, 0.15) is 11.5 Å². The molecular formula is C22H26Cl2O6. The van der Waals surface area contributed by atoms with E-state index in [1.54, 1.807) is 24.3 Å². The Hall–Kier alpha value is -2.44. The molecule has 8 heteroatoms. The second kappa shape index (κ2) is 13.0. The summed E-state index contributed by atoms with van der Waals surface area (Å²) in [5.41, 5.74) is 1.87. The van der Waals surface area contributed by atoms with Crippen molar-refractivity contribution in [1.29, 1.82) is 0 Å². The summed E-state index contributed by atoms with van der Waals surface area (Å²) < 4.78 is 10.7. The number of hydrogen-bond acceptors (Lipinski definition) is 4. The zero-order valence-corrected chi connectivity index (χ0v) is 18.7. The summed E-state index contributed by atoms with van der Waals surface area (Å²) in [7, 11) is 0. The lowest BCUT2D eigenvalue weighted by Crippen LogP contribution is -2.23. The molecule has 0 radical (unpaired) electrons. The highest BCUT2D eigenvalue weighted by atomic mass is 35.5. The van der Waals surface area contributed by atoms with Crippen LogP contribution in [0.5, 0.6) is 11.5 Å². The Labute approximate surface area is 186 Å². The van der Waals surface area contributed by atoms with E-state index in [1.165, 1.54) is 6.92 Å². The highest BCUT2D eigenvalue weighted by Crippen LogP contribution is 2.24. The molecule has 0 aliphatic heterocycles. The molecular weight excluding hydrogens is 431 g/mol. The zero-order chi connectivity index (χ0) is 22.7. The third-order valence-corrected chi connectivity index (χ3v) is 4.45. The average Bonchev–Trinajstić information content (AvgIpc) is 2.68. The molecule has 1 atom stereocenters. The van der Waals surface area contributed by atoms with E-state index >= 15 is 0 Å². The lowest BCUT2D eigenvalue weighted by atomic mass is 10.1. The van der Waals surface area contributed by atoms with E-state index in [-0.39, 0.29) is 6.42 Å². The fraction of sp³-hybridized carbons (Fsp3) is 0.364. The predicted octanol–water partition coefficient (Wildman–Crippen LogP) is 5.65. The Morgan fingerprint density at radius 3 is 2.17 bits per heavy atom. The van der Waals surface area contributed by atoms with Crippen LogP contribution in [-0.2, 0) is 16.0 Å². The van der Waals surface area contributed by atoms with Gasteiger partial charge in [0.2, 0.25) is 0 Å². The molecule has 1 unspecified atom stereocenters. The molecule has 2 N–H and O–H groups in total. The predicted molar refractivity (Wildman–Crippen MR) is 117 cm³/mol. The van der Waals surface area contributed by atoms with Crippen molar-refractivity contribution in [3.63, 3.8) is 0 Å². The van der Waals surface area contributed by atoms with Crippen LogP contribution >= 0.6 is 23.2 Å². The molecule has 0 heterocycles. The maximum Gasteiger partial charge on any atom is 0.344 e. The third-order valence-electron chi connectivity index (χ3n) is 3.98. The van der Waals surface area contributed by atoms with Crippen molar-refractivity contribution in [2.45, 2.75) is 46.1 Å². The molecule has 2 aromatic carbocycles. The molecule has 0 aliphatic carbocycles. The largest absolute Gasteiger partial charge is 0.493 e. The topological polar surface area (TPSA) is 93.1 Å². The van der Waals surface area contributed by atoms with Crippen LogP contribution < -0.4 is 9.47 Å². The van der Waals surface area contributed by atoms with Gasteiger partial charge in [-0.15, -0.1) is 0 Å². The maximum atomic E-state index is 10.5. The van der Waals surface area contributed by atoms with E-state index in [1.807, 2.05) is 26.0 Å².